The van der Waals surface area contributed by atoms with Gasteiger partial charge in [-0.2, -0.15) is 15.3 Å². The molecule has 0 bridgehead atoms. The molecule has 0 aliphatic carbocycles. The summed E-state index contributed by atoms with van der Waals surface area (Å²) in [5.41, 5.74) is 11.1. The van der Waals surface area contributed by atoms with E-state index >= 15 is 0 Å². The predicted octanol–water partition coefficient (Wildman–Crippen LogP) is 2.58. The fraction of sp³-hybridized carbons (Fsp3) is 0.556. The number of aromatic nitrogens is 1. The van der Waals surface area contributed by atoms with Crippen molar-refractivity contribution in [2.75, 3.05) is 118 Å². The highest BCUT2D eigenvalue weighted by Crippen LogP contribution is 2.32. The Morgan fingerprint density at radius 1 is 0.783 bits per heavy atom. The van der Waals surface area contributed by atoms with Gasteiger partial charge in [0.15, 0.2) is 0 Å². The number of halogens is 2. The number of aliphatic carboxylic acids is 1. The van der Waals surface area contributed by atoms with Crippen LogP contribution in [0.4, 0.5) is 8.78 Å². The van der Waals surface area contributed by atoms with E-state index in [0.717, 1.165) is 48.1 Å². The molecule has 3 fully saturated rings. The van der Waals surface area contributed by atoms with E-state index in [1.54, 1.807) is 35.5 Å². The number of rotatable bonds is 35. The molecule has 6 N–H and O–H groups in total. The molecule has 2 aromatic carbocycles. The number of hydrogen-bond donors (Lipinski definition) is 6. The summed E-state index contributed by atoms with van der Waals surface area (Å²) in [6, 6.07) is 12.9. The first kappa shape index (κ1) is 72.3. The number of carbonyl (C=O) groups excluding carboxylic acids is 7. The van der Waals surface area contributed by atoms with E-state index in [1.807, 2.05) is 50.8 Å². The molecule has 92 heavy (non-hydrogen) atoms. The second-order valence-corrected chi connectivity index (χ2v) is 22.9. The molecule has 3 saturated heterocycles. The maximum Gasteiger partial charge on any atom is 0.317 e. The molecule has 3 aromatic rings. The van der Waals surface area contributed by atoms with E-state index in [1.165, 1.54) is 18.5 Å². The first-order valence-corrected chi connectivity index (χ1v) is 31.1. The zero-order valence-electron chi connectivity index (χ0n) is 52.3. The van der Waals surface area contributed by atoms with Crippen LogP contribution in [0.1, 0.15) is 98.5 Å². The number of carbonyl (C=O) groups is 8. The van der Waals surface area contributed by atoms with Crippen molar-refractivity contribution in [2.24, 2.45) is 21.2 Å². The zero-order valence-corrected chi connectivity index (χ0v) is 52.3. The highest BCUT2D eigenvalue weighted by atomic mass is 19.3. The standard InChI is InChI=1S/C63H87F2N15O12/c1-3-52-36-63(64,65)42-80(52)60(86)39-67-62(89)54-19-22-66-56-17-16-53(35-55(54)56)92-34-8-7-9-49-20-24-79(25-21-49)59(85)11-6-4-5-10-57(83)74-70-38-51(18-23-68-71-43-72-69-37-50-14-12-48(2)13-15-50)73-58(84)40-75-26-27-76(41-61(87)88)29-31-78(45-91-47-82)33-32-77(30-28-75)44-90-46-81/h1,12-17,19,22-23,35,37-38,46-47,49,51-52,71-72H,4-11,18,20-21,24-34,36,39-45H2,2H3,(H,67,89)(H,73,84)(H,74,83)(H,87,88)/b68-23+,69-37+,70-38-/t51?,52-/m0/s1. The van der Waals surface area contributed by atoms with Crippen LogP contribution in [-0.2, 0) is 43.0 Å². The Balaban J connectivity index is 0.895. The first-order valence-electron chi connectivity index (χ1n) is 31.1. The number of fused-ring (bicyclic) bond motifs is 1. The smallest absolute Gasteiger partial charge is 0.317 e. The number of terminal acetylenes is 1. The van der Waals surface area contributed by atoms with Crippen LogP contribution in [0.3, 0.4) is 0 Å². The lowest BCUT2D eigenvalue weighted by Crippen LogP contribution is -2.50. The minimum absolute atomic E-state index is 0.000890. The average Bonchev–Trinajstić information content (AvgIpc) is 1.22. The normalized spacial score (nSPS) is 17.7. The average molecular weight is 1280 g/mol. The third-order valence-electron chi connectivity index (χ3n) is 15.9. The van der Waals surface area contributed by atoms with Gasteiger partial charge in [-0.1, -0.05) is 48.6 Å². The minimum atomic E-state index is -3.09. The summed E-state index contributed by atoms with van der Waals surface area (Å²) < 4.78 is 44.0. The molecule has 2 atom stereocenters. The molecule has 5 amide bonds. The molecule has 1 aromatic heterocycles. The Kier molecular flexibility index (Phi) is 31.1. The molecule has 6 rings (SSSR count). The van der Waals surface area contributed by atoms with Crippen LogP contribution in [0, 0.1) is 25.2 Å². The number of nitrogens with one attached hydrogen (secondary N) is 5. The van der Waals surface area contributed by atoms with Gasteiger partial charge in [-0.15, -0.1) is 6.42 Å². The maximum absolute atomic E-state index is 13.9. The molecule has 0 spiro atoms. The summed E-state index contributed by atoms with van der Waals surface area (Å²) in [7, 11) is 0. The second kappa shape index (κ2) is 39.5. The van der Waals surface area contributed by atoms with Gasteiger partial charge in [0.1, 0.15) is 25.9 Å². The number of hydrogen-bond acceptors (Lipinski definition) is 21. The van der Waals surface area contributed by atoms with Gasteiger partial charge in [0, 0.05) is 115 Å². The van der Waals surface area contributed by atoms with Crippen molar-refractivity contribution in [3.63, 3.8) is 0 Å². The number of benzene rings is 2. The second-order valence-electron chi connectivity index (χ2n) is 22.9. The van der Waals surface area contributed by atoms with Crippen LogP contribution in [0.5, 0.6) is 5.75 Å². The Morgan fingerprint density at radius 3 is 2.12 bits per heavy atom. The third kappa shape index (κ3) is 26.6. The Bertz CT molecular complexity index is 3000. The number of carboxylic acids is 1. The number of hydrazone groups is 3. The van der Waals surface area contributed by atoms with E-state index in [4.69, 9.17) is 20.6 Å². The third-order valence-corrected chi connectivity index (χ3v) is 15.9. The molecule has 3 aliphatic heterocycles. The fourth-order valence-corrected chi connectivity index (χ4v) is 10.7. The lowest BCUT2D eigenvalue weighted by Gasteiger charge is -2.33. The van der Waals surface area contributed by atoms with Crippen molar-refractivity contribution in [3.8, 4) is 18.1 Å². The molecule has 27 nitrogen and oxygen atoms in total. The number of amides is 5. The largest absolute Gasteiger partial charge is 0.494 e. The minimum Gasteiger partial charge on any atom is -0.494 e. The summed E-state index contributed by atoms with van der Waals surface area (Å²) in [4.78, 5) is 114. The van der Waals surface area contributed by atoms with Crippen molar-refractivity contribution in [3.05, 3.63) is 71.4 Å². The lowest BCUT2D eigenvalue weighted by atomic mass is 9.91. The van der Waals surface area contributed by atoms with E-state index in [9.17, 15) is 52.2 Å². The Labute approximate surface area is 535 Å². The van der Waals surface area contributed by atoms with Gasteiger partial charge in [-0.3, -0.25) is 73.8 Å². The summed E-state index contributed by atoms with van der Waals surface area (Å²) in [5.74, 6) is -2.72. The highest BCUT2D eigenvalue weighted by Gasteiger charge is 2.46. The Morgan fingerprint density at radius 2 is 1.45 bits per heavy atom. The number of piperidine rings is 1. The predicted molar refractivity (Wildman–Crippen MR) is 339 cm³/mol. The molecule has 4 heterocycles. The zero-order chi connectivity index (χ0) is 65.9. The number of aryl methyl sites for hydroxylation is 1. The fourth-order valence-electron chi connectivity index (χ4n) is 10.7. The van der Waals surface area contributed by atoms with Gasteiger partial charge in [0.2, 0.25) is 23.6 Å². The highest BCUT2D eigenvalue weighted by molar-refractivity contribution is 6.07. The molecule has 1 unspecified atom stereocenters. The van der Waals surface area contributed by atoms with Crippen LogP contribution < -0.4 is 31.6 Å². The molecule has 500 valence electrons. The van der Waals surface area contributed by atoms with Crippen molar-refractivity contribution < 1.29 is 66.5 Å². The SMILES string of the molecule is C#C[C@H]1CC(F)(F)CN1C(=O)CNC(=O)c1ccnc2ccc(OCCCCC3CCN(C(=O)CCCCCC(=O)N/N=C\C(C/C=N/NCN/N=C/c4ccc(C)cc4)NC(=O)CN4CCN(COC=O)CCN(COC=O)CCN(CC(=O)O)CC4)CC3)cc12. The van der Waals surface area contributed by atoms with Gasteiger partial charge >= 0.3 is 5.97 Å². The summed E-state index contributed by atoms with van der Waals surface area (Å²) in [6.45, 7) is 6.00. The molecule has 29 heteroatoms. The summed E-state index contributed by atoms with van der Waals surface area (Å²) in [6.07, 6.45) is 18.0. The van der Waals surface area contributed by atoms with Crippen molar-refractivity contribution in [1.82, 2.24) is 61.3 Å². The van der Waals surface area contributed by atoms with Gasteiger partial charge in [-0.25, -0.2) is 14.2 Å². The summed E-state index contributed by atoms with van der Waals surface area (Å²) in [5, 5.41) is 28.3. The first-order chi connectivity index (χ1) is 44.5. The molecular formula is C63H87F2N15O12. The Hall–Kier alpha value is -8.72. The maximum atomic E-state index is 13.9. The topological polar surface area (TPSA) is 314 Å². The number of unbranched alkanes of at least 4 members (excludes halogenated alkanes) is 3. The number of pyridine rings is 1. The molecule has 0 saturated carbocycles. The molecular weight excluding hydrogens is 1200 g/mol. The van der Waals surface area contributed by atoms with Crippen LogP contribution in [-0.4, -0.2) is 243 Å². The van der Waals surface area contributed by atoms with Gasteiger partial charge < -0.3 is 39.8 Å². The van der Waals surface area contributed by atoms with Crippen molar-refractivity contribution >= 4 is 78.0 Å². The van der Waals surface area contributed by atoms with Gasteiger partial charge in [0.05, 0.1) is 62.2 Å². The quantitative estimate of drug-likeness (QED) is 0.0123. The number of ether oxygens (including phenoxy) is 3. The van der Waals surface area contributed by atoms with E-state index in [-0.39, 0.29) is 69.3 Å². The van der Waals surface area contributed by atoms with Crippen molar-refractivity contribution in [2.45, 2.75) is 102 Å². The van der Waals surface area contributed by atoms with Crippen LogP contribution in [0.2, 0.25) is 0 Å². The number of alkyl halides is 2. The summed E-state index contributed by atoms with van der Waals surface area (Å²) >= 11 is 0. The monoisotopic (exact) mass is 1280 g/mol. The van der Waals surface area contributed by atoms with E-state index in [2.05, 4.69) is 53.1 Å². The van der Waals surface area contributed by atoms with Gasteiger partial charge in [-0.05, 0) is 81.2 Å². The number of carboxylic acid groups (broad SMARTS) is 1. The van der Waals surface area contributed by atoms with E-state index < -0.39 is 55.3 Å². The molecule has 0 radical (unpaired) electrons. The van der Waals surface area contributed by atoms with Crippen LogP contribution in [0.25, 0.3) is 10.9 Å². The number of likely N-dealkylation sites (tertiary alicyclic amines) is 2. The van der Waals surface area contributed by atoms with Crippen LogP contribution >= 0.6 is 0 Å². The van der Waals surface area contributed by atoms with Gasteiger partial charge in [0.25, 0.3) is 24.8 Å². The van der Waals surface area contributed by atoms with Crippen molar-refractivity contribution in [1.29, 1.82) is 0 Å². The molecule has 3 aliphatic rings. The number of nitrogens with zero attached hydrogens (tertiary/aromatic N) is 10. The van der Waals surface area contributed by atoms with Crippen LogP contribution in [0.15, 0.2) is 70.0 Å². The van der Waals surface area contributed by atoms with E-state index in [0.29, 0.717) is 133 Å². The lowest BCUT2D eigenvalue weighted by molar-refractivity contribution is -0.139.